The largest absolute Gasteiger partial charge is 0.276 e. The summed E-state index contributed by atoms with van der Waals surface area (Å²) in [4.78, 5) is 17.8. The van der Waals surface area contributed by atoms with Crippen LogP contribution in [0, 0.1) is 0 Å². The summed E-state index contributed by atoms with van der Waals surface area (Å²) in [6, 6.07) is 11.7. The first-order chi connectivity index (χ1) is 14.7. The standard InChI is InChI=1S/C27H24N2O/c1-5-9-22-19(7-3)11-13-24-26(22)25-21(8-4)18(6-2)10-12-23(25)27(30)29(24)20-14-16-28-17-15-20/h6-17H,2,4-5H2,1,3H3/b19-7-,22-9+. The van der Waals surface area contributed by atoms with Gasteiger partial charge >= 0.3 is 0 Å². The van der Waals surface area contributed by atoms with Crippen molar-refractivity contribution in [3.05, 3.63) is 93.9 Å². The molecule has 0 N–H and O–H groups in total. The highest BCUT2D eigenvalue weighted by Gasteiger charge is 2.16. The van der Waals surface area contributed by atoms with Crippen molar-refractivity contribution < 1.29 is 0 Å². The third-order valence-corrected chi connectivity index (χ3v) is 5.53. The molecule has 4 aromatic rings. The van der Waals surface area contributed by atoms with Gasteiger partial charge in [-0.2, -0.15) is 0 Å². The van der Waals surface area contributed by atoms with Crippen LogP contribution in [0.1, 0.15) is 31.4 Å². The second kappa shape index (κ2) is 7.96. The van der Waals surface area contributed by atoms with E-state index in [2.05, 4.69) is 43.3 Å². The molecule has 0 bridgehead atoms. The van der Waals surface area contributed by atoms with Gasteiger partial charge in [0.2, 0.25) is 0 Å². The van der Waals surface area contributed by atoms with Gasteiger partial charge in [0, 0.05) is 28.6 Å². The van der Waals surface area contributed by atoms with Gasteiger partial charge in [-0.3, -0.25) is 14.3 Å². The molecular weight excluding hydrogens is 368 g/mol. The Labute approximate surface area is 175 Å². The third-order valence-electron chi connectivity index (χ3n) is 5.53. The Hall–Kier alpha value is -3.72. The van der Waals surface area contributed by atoms with Crippen LogP contribution in [-0.2, 0) is 0 Å². The lowest BCUT2D eigenvalue weighted by molar-refractivity contribution is 1.05. The summed E-state index contributed by atoms with van der Waals surface area (Å²) in [7, 11) is 0. The van der Waals surface area contributed by atoms with Crippen LogP contribution in [0.3, 0.4) is 0 Å². The van der Waals surface area contributed by atoms with E-state index in [0.29, 0.717) is 5.39 Å². The molecule has 0 aliphatic heterocycles. The highest BCUT2D eigenvalue weighted by Crippen LogP contribution is 2.29. The Morgan fingerprint density at radius 3 is 2.40 bits per heavy atom. The third kappa shape index (κ3) is 2.91. The van der Waals surface area contributed by atoms with E-state index in [0.717, 1.165) is 50.0 Å². The number of aromatic nitrogens is 2. The van der Waals surface area contributed by atoms with Gasteiger partial charge in [0.1, 0.15) is 0 Å². The summed E-state index contributed by atoms with van der Waals surface area (Å²) in [6.45, 7) is 12.2. The van der Waals surface area contributed by atoms with E-state index in [1.54, 1.807) is 17.0 Å². The van der Waals surface area contributed by atoms with E-state index in [-0.39, 0.29) is 5.56 Å². The quantitative estimate of drug-likeness (QED) is 0.467. The molecule has 3 nitrogen and oxygen atoms in total. The molecule has 30 heavy (non-hydrogen) atoms. The molecule has 2 aromatic heterocycles. The first kappa shape index (κ1) is 19.6. The van der Waals surface area contributed by atoms with E-state index >= 15 is 0 Å². The van der Waals surface area contributed by atoms with Crippen LogP contribution in [0.25, 0.3) is 51.7 Å². The van der Waals surface area contributed by atoms with Gasteiger partial charge in [-0.15, -0.1) is 0 Å². The van der Waals surface area contributed by atoms with Crippen molar-refractivity contribution in [3.63, 3.8) is 0 Å². The highest BCUT2D eigenvalue weighted by atomic mass is 16.1. The van der Waals surface area contributed by atoms with Crippen molar-refractivity contribution in [2.75, 3.05) is 0 Å². The average Bonchev–Trinajstić information content (AvgIpc) is 2.79. The van der Waals surface area contributed by atoms with Gasteiger partial charge in [0.05, 0.1) is 11.2 Å². The Balaban J connectivity index is 2.46. The van der Waals surface area contributed by atoms with E-state index in [1.807, 2.05) is 49.4 Å². The molecule has 2 heterocycles. The van der Waals surface area contributed by atoms with Gasteiger partial charge in [-0.25, -0.2) is 0 Å². The Morgan fingerprint density at radius 2 is 1.77 bits per heavy atom. The molecule has 0 saturated carbocycles. The van der Waals surface area contributed by atoms with Crippen molar-refractivity contribution in [2.24, 2.45) is 0 Å². The number of hydrogen-bond acceptors (Lipinski definition) is 2. The normalized spacial score (nSPS) is 12.6. The molecule has 0 aliphatic rings. The molecule has 0 aliphatic carbocycles. The zero-order valence-electron chi connectivity index (χ0n) is 17.4. The number of rotatable bonds is 4. The highest BCUT2D eigenvalue weighted by molar-refractivity contribution is 6.11. The molecule has 3 heteroatoms. The SMILES string of the molecule is C=Cc1ccc2c(=O)n(-c3ccncc3)c3ccc(=C/C)/c(=C\CC)c3c2c1C=C. The summed E-state index contributed by atoms with van der Waals surface area (Å²) in [5.74, 6) is 0. The molecule has 0 fully saturated rings. The van der Waals surface area contributed by atoms with Crippen LogP contribution >= 0.6 is 0 Å². The smallest absolute Gasteiger partial charge is 0.263 e. The number of nitrogens with zero attached hydrogens (tertiary/aromatic N) is 2. The Morgan fingerprint density at radius 1 is 1.00 bits per heavy atom. The second-order valence-corrected chi connectivity index (χ2v) is 7.11. The predicted molar refractivity (Wildman–Crippen MR) is 129 cm³/mol. The zero-order chi connectivity index (χ0) is 21.3. The fourth-order valence-corrected chi connectivity index (χ4v) is 4.21. The van der Waals surface area contributed by atoms with E-state index in [1.165, 1.54) is 0 Å². The van der Waals surface area contributed by atoms with Crippen molar-refractivity contribution in [1.29, 1.82) is 0 Å². The van der Waals surface area contributed by atoms with Crippen LogP contribution in [0.2, 0.25) is 0 Å². The fourth-order valence-electron chi connectivity index (χ4n) is 4.21. The second-order valence-electron chi connectivity index (χ2n) is 7.11. The summed E-state index contributed by atoms with van der Waals surface area (Å²) in [5.41, 5.74) is 3.51. The maximum Gasteiger partial charge on any atom is 0.263 e. The van der Waals surface area contributed by atoms with Crippen LogP contribution in [0.4, 0.5) is 0 Å². The van der Waals surface area contributed by atoms with Gasteiger partial charge in [-0.05, 0) is 59.2 Å². The van der Waals surface area contributed by atoms with Crippen molar-refractivity contribution in [2.45, 2.75) is 20.3 Å². The number of fused-ring (bicyclic) bond motifs is 3. The minimum atomic E-state index is -0.0573. The Kier molecular flexibility index (Phi) is 5.20. The van der Waals surface area contributed by atoms with Gasteiger partial charge in [0.25, 0.3) is 5.56 Å². The monoisotopic (exact) mass is 392 g/mol. The summed E-state index contributed by atoms with van der Waals surface area (Å²) < 4.78 is 1.78. The van der Waals surface area contributed by atoms with Gasteiger partial charge in [-0.1, -0.05) is 56.5 Å². The van der Waals surface area contributed by atoms with E-state index < -0.39 is 0 Å². The number of pyridine rings is 2. The molecule has 2 aromatic carbocycles. The number of hydrogen-bond donors (Lipinski definition) is 0. The lowest BCUT2D eigenvalue weighted by Crippen LogP contribution is -2.29. The maximum absolute atomic E-state index is 13.7. The lowest BCUT2D eigenvalue weighted by Gasteiger charge is -2.17. The predicted octanol–water partition coefficient (Wildman–Crippen LogP) is 4.82. The molecule has 0 saturated heterocycles. The molecule has 4 rings (SSSR count). The molecule has 148 valence electrons. The molecule has 0 atom stereocenters. The summed E-state index contributed by atoms with van der Waals surface area (Å²) in [6.07, 6.45) is 12.3. The molecule has 0 spiro atoms. The van der Waals surface area contributed by atoms with Crippen molar-refractivity contribution in [3.8, 4) is 5.69 Å². The van der Waals surface area contributed by atoms with Crippen LogP contribution in [0.5, 0.6) is 0 Å². The number of benzene rings is 2. The first-order valence-corrected chi connectivity index (χ1v) is 10.1. The van der Waals surface area contributed by atoms with E-state index in [4.69, 9.17) is 0 Å². The topological polar surface area (TPSA) is 34.9 Å². The molecule has 0 radical (unpaired) electrons. The molecule has 0 unspecified atom stereocenters. The summed E-state index contributed by atoms with van der Waals surface area (Å²) in [5, 5.41) is 4.92. The Bertz CT molecular complexity index is 1480. The van der Waals surface area contributed by atoms with Crippen LogP contribution in [0.15, 0.2) is 66.7 Å². The molecular formula is C27H24N2O. The van der Waals surface area contributed by atoms with Gasteiger partial charge in [0.15, 0.2) is 0 Å². The average molecular weight is 393 g/mol. The minimum Gasteiger partial charge on any atom is -0.276 e. The van der Waals surface area contributed by atoms with Crippen molar-refractivity contribution >= 4 is 46.0 Å². The maximum atomic E-state index is 13.7. The fraction of sp³-hybridized carbons (Fsp3) is 0.111. The molecule has 0 amide bonds. The van der Waals surface area contributed by atoms with Crippen LogP contribution < -0.4 is 16.0 Å². The zero-order valence-corrected chi connectivity index (χ0v) is 17.4. The van der Waals surface area contributed by atoms with Crippen LogP contribution in [-0.4, -0.2) is 9.55 Å². The van der Waals surface area contributed by atoms with E-state index in [9.17, 15) is 4.79 Å². The summed E-state index contributed by atoms with van der Waals surface area (Å²) >= 11 is 0. The van der Waals surface area contributed by atoms with Gasteiger partial charge < -0.3 is 0 Å². The minimum absolute atomic E-state index is 0.0573. The lowest BCUT2D eigenvalue weighted by atomic mass is 9.94. The van der Waals surface area contributed by atoms with Crippen molar-refractivity contribution in [1.82, 2.24) is 9.55 Å². The first-order valence-electron chi connectivity index (χ1n) is 10.1.